The highest BCUT2D eigenvalue weighted by molar-refractivity contribution is 7.89. The molecule has 0 spiro atoms. The number of carboxylic acid groups (broad SMARTS) is 1. The van der Waals surface area contributed by atoms with E-state index in [4.69, 9.17) is 10.2 Å². The molecular formula is C15H19N5O4S. The van der Waals surface area contributed by atoms with E-state index in [2.05, 4.69) is 9.97 Å². The number of carboxylic acids is 1. The second-order valence-electron chi connectivity index (χ2n) is 5.45. The Morgan fingerprint density at radius 3 is 2.16 bits per heavy atom. The third kappa shape index (κ3) is 4.88. The molecule has 1 aromatic heterocycles. The average molecular weight is 365 g/mol. The molecule has 0 saturated heterocycles. The van der Waals surface area contributed by atoms with Gasteiger partial charge >= 0.3 is 5.97 Å². The van der Waals surface area contributed by atoms with Gasteiger partial charge in [0.25, 0.3) is 0 Å². The highest BCUT2D eigenvalue weighted by atomic mass is 32.2. The fraction of sp³-hybridized carbons (Fsp3) is 0.267. The Labute approximate surface area is 145 Å². The Balaban J connectivity index is 1.96. The summed E-state index contributed by atoms with van der Waals surface area (Å²) >= 11 is 0. The minimum atomic E-state index is -3.70. The molecule has 2 rings (SSSR count). The Morgan fingerprint density at radius 2 is 1.68 bits per heavy atom. The molecule has 0 bridgehead atoms. The molecule has 0 radical (unpaired) electrons. The first kappa shape index (κ1) is 18.6. The Kier molecular flexibility index (Phi) is 5.55. The smallest absolute Gasteiger partial charge is 0.356 e. The van der Waals surface area contributed by atoms with E-state index < -0.39 is 16.0 Å². The maximum atomic E-state index is 11.3. The van der Waals surface area contributed by atoms with Crippen molar-refractivity contribution in [2.75, 3.05) is 37.0 Å². The van der Waals surface area contributed by atoms with Crippen LogP contribution in [0.5, 0.6) is 0 Å². The van der Waals surface area contributed by atoms with Gasteiger partial charge in [0.15, 0.2) is 5.69 Å². The van der Waals surface area contributed by atoms with Crippen LogP contribution >= 0.6 is 0 Å². The second kappa shape index (κ2) is 7.45. The molecule has 1 heterocycles. The number of sulfonamides is 1. The number of nitrogens with zero attached hydrogens (tertiary/aromatic N) is 4. The monoisotopic (exact) mass is 365 g/mol. The first-order valence-corrected chi connectivity index (χ1v) is 8.83. The van der Waals surface area contributed by atoms with Crippen molar-refractivity contribution >= 4 is 27.5 Å². The lowest BCUT2D eigenvalue weighted by Gasteiger charge is -2.24. The van der Waals surface area contributed by atoms with Crippen molar-refractivity contribution in [3.63, 3.8) is 0 Å². The summed E-state index contributed by atoms with van der Waals surface area (Å²) in [5.41, 5.74) is 0.734. The van der Waals surface area contributed by atoms with Gasteiger partial charge in [-0.05, 0) is 24.3 Å². The van der Waals surface area contributed by atoms with Gasteiger partial charge < -0.3 is 14.9 Å². The summed E-state index contributed by atoms with van der Waals surface area (Å²) < 4.78 is 22.5. The fourth-order valence-electron chi connectivity index (χ4n) is 2.06. The molecule has 2 aromatic rings. The number of benzene rings is 1. The number of aromatic carboxylic acids is 1. The Bertz CT molecular complexity index is 837. The van der Waals surface area contributed by atoms with Crippen molar-refractivity contribution in [1.82, 2.24) is 9.97 Å². The number of carbonyl (C=O) groups is 1. The lowest BCUT2D eigenvalue weighted by Crippen LogP contribution is -2.31. The standard InChI is InChI=1S/C15H19N5O4S/c1-19(11-3-5-12(6-4-11)25(16,23)24)7-8-20(2)14-10-17-13(9-18-14)15(21)22/h3-6,9-10H,7-8H2,1-2H3,(H,21,22)(H2,16,23,24). The van der Waals surface area contributed by atoms with Crippen molar-refractivity contribution in [3.8, 4) is 0 Å². The Hall–Kier alpha value is -2.72. The van der Waals surface area contributed by atoms with Crippen molar-refractivity contribution in [2.24, 2.45) is 5.14 Å². The quantitative estimate of drug-likeness (QED) is 0.721. The van der Waals surface area contributed by atoms with Gasteiger partial charge in [0.2, 0.25) is 10.0 Å². The van der Waals surface area contributed by atoms with Crippen molar-refractivity contribution in [2.45, 2.75) is 4.90 Å². The lowest BCUT2D eigenvalue weighted by atomic mass is 10.3. The normalized spacial score (nSPS) is 11.2. The van der Waals surface area contributed by atoms with Crippen LogP contribution in [0, 0.1) is 0 Å². The van der Waals surface area contributed by atoms with Gasteiger partial charge in [-0.1, -0.05) is 0 Å². The van der Waals surface area contributed by atoms with Crippen LogP contribution < -0.4 is 14.9 Å². The van der Waals surface area contributed by atoms with E-state index in [0.29, 0.717) is 18.9 Å². The number of primary sulfonamides is 1. The maximum Gasteiger partial charge on any atom is 0.356 e. The molecule has 9 nitrogen and oxygen atoms in total. The molecule has 0 fully saturated rings. The predicted molar refractivity (Wildman–Crippen MR) is 93.3 cm³/mol. The summed E-state index contributed by atoms with van der Waals surface area (Å²) in [6.07, 6.45) is 2.62. The molecule has 1 aromatic carbocycles. The maximum absolute atomic E-state index is 11.3. The summed E-state index contributed by atoms with van der Waals surface area (Å²) in [4.78, 5) is 22.5. The van der Waals surface area contributed by atoms with Gasteiger partial charge in [-0.2, -0.15) is 0 Å². The number of hydrogen-bond donors (Lipinski definition) is 2. The average Bonchev–Trinajstić information content (AvgIpc) is 2.58. The van der Waals surface area contributed by atoms with Crippen LogP contribution in [0.1, 0.15) is 10.5 Å². The van der Waals surface area contributed by atoms with Gasteiger partial charge in [0.1, 0.15) is 5.82 Å². The first-order chi connectivity index (χ1) is 11.7. The summed E-state index contributed by atoms with van der Waals surface area (Å²) in [6.45, 7) is 1.24. The fourth-order valence-corrected chi connectivity index (χ4v) is 2.58. The van der Waals surface area contributed by atoms with Crippen LogP contribution in [0.3, 0.4) is 0 Å². The second-order valence-corrected chi connectivity index (χ2v) is 7.01. The number of likely N-dealkylation sites (N-methyl/N-ethyl adjacent to an activating group) is 2. The number of nitrogens with two attached hydrogens (primary N) is 1. The summed E-state index contributed by atoms with van der Waals surface area (Å²) in [6, 6.07) is 6.28. The molecule has 10 heteroatoms. The SMILES string of the molecule is CN(CCN(C)c1cnc(C(=O)O)cn1)c1ccc(S(N)(=O)=O)cc1. The molecule has 0 aliphatic carbocycles. The molecule has 25 heavy (non-hydrogen) atoms. The van der Waals surface area contributed by atoms with Crippen LogP contribution in [0.25, 0.3) is 0 Å². The third-order valence-corrected chi connectivity index (χ3v) is 4.55. The molecule has 0 aliphatic rings. The number of rotatable bonds is 7. The van der Waals surface area contributed by atoms with E-state index in [1.165, 1.54) is 24.5 Å². The molecule has 134 valence electrons. The number of aromatic nitrogens is 2. The van der Waals surface area contributed by atoms with E-state index in [9.17, 15) is 13.2 Å². The van der Waals surface area contributed by atoms with E-state index >= 15 is 0 Å². The van der Waals surface area contributed by atoms with E-state index in [0.717, 1.165) is 5.69 Å². The van der Waals surface area contributed by atoms with Crippen LogP contribution in [-0.2, 0) is 10.0 Å². The summed E-state index contributed by atoms with van der Waals surface area (Å²) in [5.74, 6) is -0.563. The minimum absolute atomic E-state index is 0.0653. The van der Waals surface area contributed by atoms with Crippen LogP contribution in [0.4, 0.5) is 11.5 Å². The van der Waals surface area contributed by atoms with Crippen molar-refractivity contribution in [1.29, 1.82) is 0 Å². The molecule has 3 N–H and O–H groups in total. The zero-order chi connectivity index (χ0) is 18.6. The van der Waals surface area contributed by atoms with E-state index in [1.54, 1.807) is 12.1 Å². The van der Waals surface area contributed by atoms with Gasteiger partial charge in [-0.25, -0.2) is 28.3 Å². The molecule has 0 unspecified atom stereocenters. The molecule has 0 aliphatic heterocycles. The zero-order valence-electron chi connectivity index (χ0n) is 13.8. The zero-order valence-corrected chi connectivity index (χ0v) is 14.6. The van der Waals surface area contributed by atoms with E-state index in [-0.39, 0.29) is 10.6 Å². The largest absolute Gasteiger partial charge is 0.476 e. The summed E-state index contributed by atoms with van der Waals surface area (Å²) in [7, 11) is -0.00466. The predicted octanol–water partition coefficient (Wildman–Crippen LogP) is 0.395. The topological polar surface area (TPSA) is 130 Å². The Morgan fingerprint density at radius 1 is 1.08 bits per heavy atom. The van der Waals surface area contributed by atoms with Crippen LogP contribution in [0.2, 0.25) is 0 Å². The van der Waals surface area contributed by atoms with Crippen LogP contribution in [0.15, 0.2) is 41.6 Å². The van der Waals surface area contributed by atoms with Crippen molar-refractivity contribution < 1.29 is 18.3 Å². The summed E-state index contributed by atoms with van der Waals surface area (Å²) in [5, 5.41) is 13.9. The molecule has 0 atom stereocenters. The third-order valence-electron chi connectivity index (χ3n) is 3.63. The van der Waals surface area contributed by atoms with Crippen LogP contribution in [-0.4, -0.2) is 56.6 Å². The first-order valence-electron chi connectivity index (χ1n) is 7.29. The number of anilines is 2. The molecule has 0 saturated carbocycles. The van der Waals surface area contributed by atoms with Gasteiger partial charge in [-0.15, -0.1) is 0 Å². The molecular weight excluding hydrogens is 346 g/mol. The van der Waals surface area contributed by atoms with Crippen molar-refractivity contribution in [3.05, 3.63) is 42.4 Å². The number of hydrogen-bond acceptors (Lipinski definition) is 7. The highest BCUT2D eigenvalue weighted by Gasteiger charge is 2.10. The van der Waals surface area contributed by atoms with Gasteiger partial charge in [0.05, 0.1) is 17.3 Å². The minimum Gasteiger partial charge on any atom is -0.476 e. The van der Waals surface area contributed by atoms with Gasteiger partial charge in [-0.3, -0.25) is 0 Å². The molecule has 0 amide bonds. The highest BCUT2D eigenvalue weighted by Crippen LogP contribution is 2.16. The van der Waals surface area contributed by atoms with E-state index in [1.807, 2.05) is 23.9 Å². The van der Waals surface area contributed by atoms with Gasteiger partial charge in [0, 0.05) is 32.9 Å². The lowest BCUT2D eigenvalue weighted by molar-refractivity contribution is 0.0690.